The summed E-state index contributed by atoms with van der Waals surface area (Å²) in [6.07, 6.45) is 4.05. The van der Waals surface area contributed by atoms with E-state index in [4.69, 9.17) is 5.11 Å². The number of aromatic carboxylic acids is 1. The summed E-state index contributed by atoms with van der Waals surface area (Å²) in [5.74, 6) is 0.547. The molecule has 1 aliphatic carbocycles. The minimum absolute atomic E-state index is 0. The molecule has 5 heteroatoms. The smallest absolute Gasteiger partial charge is 0.339 e. The Morgan fingerprint density at radius 1 is 1.56 bits per heavy atom. The lowest BCUT2D eigenvalue weighted by atomic mass is 10.2. The van der Waals surface area contributed by atoms with E-state index < -0.39 is 5.97 Å². The molecule has 16 heavy (non-hydrogen) atoms. The van der Waals surface area contributed by atoms with Gasteiger partial charge in [0.15, 0.2) is 0 Å². The number of piperidine rings is 1. The summed E-state index contributed by atoms with van der Waals surface area (Å²) in [6, 6.07) is 3.85. The van der Waals surface area contributed by atoms with E-state index in [1.807, 2.05) is 0 Å². The third-order valence-electron chi connectivity index (χ3n) is 3.32. The summed E-state index contributed by atoms with van der Waals surface area (Å²) in [6.45, 7) is 0.951. The minimum Gasteiger partial charge on any atom is -0.478 e. The van der Waals surface area contributed by atoms with Crippen molar-refractivity contribution in [2.75, 3.05) is 11.4 Å². The Hall–Kier alpha value is -1.29. The van der Waals surface area contributed by atoms with Crippen LogP contribution in [0.25, 0.3) is 0 Å². The normalized spacial score (nSPS) is 25.9. The Morgan fingerprint density at radius 2 is 2.38 bits per heavy atom. The number of pyridine rings is 1. The minimum atomic E-state index is -0.887. The summed E-state index contributed by atoms with van der Waals surface area (Å²) in [5, 5.41) is 9.06. The van der Waals surface area contributed by atoms with Crippen LogP contribution in [-0.4, -0.2) is 28.6 Å². The van der Waals surface area contributed by atoms with Gasteiger partial charge in [-0.3, -0.25) is 0 Å². The van der Waals surface area contributed by atoms with Gasteiger partial charge >= 0.3 is 5.97 Å². The van der Waals surface area contributed by atoms with E-state index in [-0.39, 0.29) is 12.4 Å². The summed E-state index contributed by atoms with van der Waals surface area (Å²) in [5.41, 5.74) is 0.324. The number of aromatic nitrogens is 1. The molecule has 1 aromatic heterocycles. The lowest BCUT2D eigenvalue weighted by molar-refractivity contribution is 0.0697. The van der Waals surface area contributed by atoms with Gasteiger partial charge in [-0.2, -0.15) is 0 Å². The van der Waals surface area contributed by atoms with Crippen molar-refractivity contribution in [3.63, 3.8) is 0 Å². The van der Waals surface area contributed by atoms with Crippen LogP contribution in [-0.2, 0) is 0 Å². The van der Waals surface area contributed by atoms with Crippen LogP contribution in [0.4, 0.5) is 5.82 Å². The van der Waals surface area contributed by atoms with Crippen molar-refractivity contribution in [2.24, 2.45) is 5.92 Å². The van der Waals surface area contributed by atoms with E-state index in [1.54, 1.807) is 18.3 Å². The number of hydrogen-bond acceptors (Lipinski definition) is 3. The first-order valence-electron chi connectivity index (χ1n) is 5.22. The number of hydrogen-bond donors (Lipinski definition) is 1. The highest BCUT2D eigenvalue weighted by molar-refractivity contribution is 5.93. The molecule has 3 rings (SSSR count). The summed E-state index contributed by atoms with van der Waals surface area (Å²) < 4.78 is 0. The van der Waals surface area contributed by atoms with Gasteiger partial charge < -0.3 is 10.0 Å². The van der Waals surface area contributed by atoms with Gasteiger partial charge in [-0.05, 0) is 30.9 Å². The lowest BCUT2D eigenvalue weighted by Gasteiger charge is -2.20. The highest BCUT2D eigenvalue weighted by Gasteiger charge is 2.48. The summed E-state index contributed by atoms with van der Waals surface area (Å²) >= 11 is 0. The standard InChI is InChI=1S/C11H12N2O2.ClH/c14-11(15)8-2-1-4-12-10(8)13-5-3-7-6-9(7)13;/h1-2,4,7,9H,3,5-6H2,(H,14,15);1H. The largest absolute Gasteiger partial charge is 0.478 e. The highest BCUT2D eigenvalue weighted by Crippen LogP contribution is 2.46. The van der Waals surface area contributed by atoms with Crippen LogP contribution >= 0.6 is 12.4 Å². The zero-order chi connectivity index (χ0) is 10.4. The van der Waals surface area contributed by atoms with E-state index >= 15 is 0 Å². The summed E-state index contributed by atoms with van der Waals surface area (Å²) in [7, 11) is 0. The maximum absolute atomic E-state index is 11.0. The van der Waals surface area contributed by atoms with E-state index in [2.05, 4.69) is 9.88 Å². The first-order chi connectivity index (χ1) is 7.27. The van der Waals surface area contributed by atoms with E-state index in [1.165, 1.54) is 12.8 Å². The summed E-state index contributed by atoms with van der Waals surface area (Å²) in [4.78, 5) is 17.4. The molecule has 0 amide bonds. The van der Waals surface area contributed by atoms with Crippen LogP contribution in [0.5, 0.6) is 0 Å². The highest BCUT2D eigenvalue weighted by atomic mass is 35.5. The zero-order valence-corrected chi connectivity index (χ0v) is 9.48. The second-order valence-electron chi connectivity index (χ2n) is 4.22. The van der Waals surface area contributed by atoms with Crippen molar-refractivity contribution in [2.45, 2.75) is 18.9 Å². The van der Waals surface area contributed by atoms with Gasteiger partial charge in [0.05, 0.1) is 0 Å². The third kappa shape index (κ3) is 1.63. The van der Waals surface area contributed by atoms with Gasteiger partial charge in [-0.25, -0.2) is 9.78 Å². The Morgan fingerprint density at radius 3 is 2.94 bits per heavy atom. The Kier molecular flexibility index (Phi) is 2.76. The number of anilines is 1. The molecule has 0 aromatic carbocycles. The molecule has 86 valence electrons. The first-order valence-corrected chi connectivity index (χ1v) is 5.22. The average Bonchev–Trinajstić information content (AvgIpc) is 2.90. The Labute approximate surface area is 99.7 Å². The van der Waals surface area contributed by atoms with Crippen molar-refractivity contribution in [1.29, 1.82) is 0 Å². The van der Waals surface area contributed by atoms with Gasteiger partial charge in [0.2, 0.25) is 0 Å². The SMILES string of the molecule is Cl.O=C(O)c1cccnc1N1CCC2CC21. The van der Waals surface area contributed by atoms with Gasteiger partial charge in [0.25, 0.3) is 0 Å². The molecule has 1 saturated heterocycles. The molecule has 0 bridgehead atoms. The number of carboxylic acids is 1. The van der Waals surface area contributed by atoms with Crippen molar-refractivity contribution < 1.29 is 9.90 Å². The molecular formula is C11H13ClN2O2. The average molecular weight is 241 g/mol. The van der Waals surface area contributed by atoms with Gasteiger partial charge in [-0.1, -0.05) is 0 Å². The fourth-order valence-corrected chi connectivity index (χ4v) is 2.45. The molecule has 2 fully saturated rings. The molecule has 2 atom stereocenters. The first kappa shape index (κ1) is 11.2. The topological polar surface area (TPSA) is 53.4 Å². The van der Waals surface area contributed by atoms with E-state index in [0.29, 0.717) is 17.4 Å². The zero-order valence-electron chi connectivity index (χ0n) is 8.67. The van der Waals surface area contributed by atoms with Crippen molar-refractivity contribution >= 4 is 24.2 Å². The number of carboxylic acid groups (broad SMARTS) is 1. The Balaban J connectivity index is 0.000000963. The van der Waals surface area contributed by atoms with Crippen LogP contribution in [0.1, 0.15) is 23.2 Å². The maximum atomic E-state index is 11.0. The molecular weight excluding hydrogens is 228 g/mol. The molecule has 2 aliphatic rings. The second-order valence-corrected chi connectivity index (χ2v) is 4.22. The van der Waals surface area contributed by atoms with Crippen LogP contribution in [0.3, 0.4) is 0 Å². The van der Waals surface area contributed by atoms with E-state index in [0.717, 1.165) is 12.5 Å². The number of fused-ring (bicyclic) bond motifs is 1. The maximum Gasteiger partial charge on any atom is 0.339 e. The fourth-order valence-electron chi connectivity index (χ4n) is 2.45. The predicted octanol–water partition coefficient (Wildman–Crippen LogP) is 1.80. The molecule has 1 aromatic rings. The molecule has 0 spiro atoms. The fraction of sp³-hybridized carbons (Fsp3) is 0.455. The third-order valence-corrected chi connectivity index (χ3v) is 3.32. The molecule has 2 heterocycles. The van der Waals surface area contributed by atoms with Gasteiger partial charge in [-0.15, -0.1) is 12.4 Å². The van der Waals surface area contributed by atoms with Crippen LogP contribution in [0, 0.1) is 5.92 Å². The molecule has 1 saturated carbocycles. The number of carbonyl (C=O) groups is 1. The quantitative estimate of drug-likeness (QED) is 0.857. The molecule has 0 radical (unpaired) electrons. The van der Waals surface area contributed by atoms with E-state index in [9.17, 15) is 4.79 Å². The molecule has 1 aliphatic heterocycles. The van der Waals surface area contributed by atoms with Crippen LogP contribution < -0.4 is 4.90 Å². The van der Waals surface area contributed by atoms with Crippen LogP contribution in [0.15, 0.2) is 18.3 Å². The van der Waals surface area contributed by atoms with Gasteiger partial charge in [0, 0.05) is 18.8 Å². The molecule has 2 unspecified atom stereocenters. The number of halogens is 1. The molecule has 4 nitrogen and oxygen atoms in total. The Bertz CT molecular complexity index is 424. The van der Waals surface area contributed by atoms with Crippen LogP contribution in [0.2, 0.25) is 0 Å². The monoisotopic (exact) mass is 240 g/mol. The number of rotatable bonds is 2. The lowest BCUT2D eigenvalue weighted by Crippen LogP contribution is -2.25. The van der Waals surface area contributed by atoms with Gasteiger partial charge in [0.1, 0.15) is 11.4 Å². The molecule has 1 N–H and O–H groups in total. The predicted molar refractivity (Wildman–Crippen MR) is 62.3 cm³/mol. The second kappa shape index (κ2) is 3.94. The van der Waals surface area contributed by atoms with Crippen molar-refractivity contribution in [3.8, 4) is 0 Å². The number of nitrogens with zero attached hydrogens (tertiary/aromatic N) is 2. The van der Waals surface area contributed by atoms with Crippen molar-refractivity contribution in [3.05, 3.63) is 23.9 Å². The van der Waals surface area contributed by atoms with Crippen molar-refractivity contribution in [1.82, 2.24) is 4.98 Å².